The highest BCUT2D eigenvalue weighted by molar-refractivity contribution is 7.07. The van der Waals surface area contributed by atoms with Crippen LogP contribution in [0.5, 0.6) is 0 Å². The lowest BCUT2D eigenvalue weighted by atomic mass is 10.7. The van der Waals surface area contributed by atoms with Crippen molar-refractivity contribution in [1.29, 1.82) is 0 Å². The van der Waals surface area contributed by atoms with Crippen LogP contribution < -0.4 is 0 Å². The Morgan fingerprint density at radius 2 is 2.00 bits per heavy atom. The molecule has 0 unspecified atom stereocenters. The van der Waals surface area contributed by atoms with Crippen molar-refractivity contribution in [3.05, 3.63) is 17.1 Å². The Kier molecular flexibility index (Phi) is 4.27. The number of carboxylic acid groups (broad SMARTS) is 1. The molecule has 0 aliphatic carbocycles. The van der Waals surface area contributed by atoms with Gasteiger partial charge < -0.3 is 5.11 Å². The molecule has 0 aliphatic rings. The van der Waals surface area contributed by atoms with Gasteiger partial charge in [0.1, 0.15) is 0 Å². The summed E-state index contributed by atoms with van der Waals surface area (Å²) in [6.45, 7) is 0. The van der Waals surface area contributed by atoms with Gasteiger partial charge in [0.25, 0.3) is 0 Å². The Morgan fingerprint density at radius 1 is 1.50 bits per heavy atom. The molecule has 0 saturated heterocycles. The number of hydrogen-bond acceptors (Lipinski definition) is 3. The number of hydrogen-bond donors (Lipinski definition) is 1. The summed E-state index contributed by atoms with van der Waals surface area (Å²) in [7, 11) is 0. The van der Waals surface area contributed by atoms with Crippen molar-refractivity contribution in [2.45, 2.75) is 6.18 Å². The van der Waals surface area contributed by atoms with Crippen molar-refractivity contribution >= 4 is 17.3 Å². The van der Waals surface area contributed by atoms with Crippen LogP contribution in [0.25, 0.3) is 0 Å². The van der Waals surface area contributed by atoms with Crippen LogP contribution in [0.1, 0.15) is 0 Å². The lowest BCUT2D eigenvalue weighted by molar-refractivity contribution is -0.192. The molecule has 7 heteroatoms. The number of thiazole rings is 1. The largest absolute Gasteiger partial charge is 0.490 e. The number of rotatable bonds is 0. The molecule has 1 rings (SSSR count). The second kappa shape index (κ2) is 4.70. The summed E-state index contributed by atoms with van der Waals surface area (Å²) in [5.74, 6) is -2.76. The van der Waals surface area contributed by atoms with Gasteiger partial charge in [-0.2, -0.15) is 13.2 Å². The maximum absolute atomic E-state index is 10.6. The highest BCUT2D eigenvalue weighted by Gasteiger charge is 2.38. The number of carbonyl (C=O) groups is 1. The molecule has 3 nitrogen and oxygen atoms in total. The van der Waals surface area contributed by atoms with Gasteiger partial charge in [-0.1, -0.05) is 0 Å². The predicted octanol–water partition coefficient (Wildman–Crippen LogP) is 1.78. The Hall–Kier alpha value is -1.11. The summed E-state index contributed by atoms with van der Waals surface area (Å²) in [5.41, 5.74) is 1.79. The lowest BCUT2D eigenvalue weighted by Gasteiger charge is -1.93. The maximum atomic E-state index is 10.6. The van der Waals surface area contributed by atoms with E-state index in [0.717, 1.165) is 0 Å². The fourth-order valence-corrected chi connectivity index (χ4v) is 0.527. The van der Waals surface area contributed by atoms with Gasteiger partial charge in [0.15, 0.2) is 0 Å². The molecule has 68 valence electrons. The van der Waals surface area contributed by atoms with Gasteiger partial charge in [-0.25, -0.2) is 4.79 Å². The fourth-order valence-electron chi connectivity index (χ4n) is 0.176. The Bertz CT molecular complexity index is 204. The number of aliphatic carboxylic acids is 1. The molecule has 12 heavy (non-hydrogen) atoms. The zero-order valence-corrected chi connectivity index (χ0v) is 6.39. The van der Waals surface area contributed by atoms with E-state index in [4.69, 9.17) is 9.90 Å². The van der Waals surface area contributed by atoms with Crippen LogP contribution in [0.3, 0.4) is 0 Å². The number of nitrogens with zero attached hydrogens (tertiary/aromatic N) is 1. The van der Waals surface area contributed by atoms with E-state index in [1.165, 1.54) is 0 Å². The van der Waals surface area contributed by atoms with E-state index in [1.807, 2.05) is 5.38 Å². The summed E-state index contributed by atoms with van der Waals surface area (Å²) in [6.07, 6.45) is -3.31. The first-order chi connectivity index (χ1) is 5.44. The fraction of sp³-hybridized carbons (Fsp3) is 0.200. The number of alkyl halides is 3. The SMILES string of the molecule is O=C(O)C(F)(F)F.c1cscn1. The van der Waals surface area contributed by atoms with E-state index >= 15 is 0 Å². The van der Waals surface area contributed by atoms with Crippen LogP contribution in [0.2, 0.25) is 0 Å². The standard InChI is InChI=1S/C3H3NS.C2HF3O2/c1-2-5-3-4-1;3-2(4,5)1(6)7/h1-3H;(H,6,7). The first-order valence-electron chi connectivity index (χ1n) is 2.57. The minimum absolute atomic E-state index is 1.60. The van der Waals surface area contributed by atoms with Gasteiger partial charge in [0.2, 0.25) is 0 Å². The van der Waals surface area contributed by atoms with Crippen LogP contribution in [0.4, 0.5) is 13.2 Å². The average molecular weight is 199 g/mol. The van der Waals surface area contributed by atoms with E-state index in [2.05, 4.69) is 4.98 Å². The molecular weight excluding hydrogens is 195 g/mol. The molecule has 0 aromatic carbocycles. The van der Waals surface area contributed by atoms with E-state index in [9.17, 15) is 13.2 Å². The molecular formula is C5H4F3NO2S. The quantitative estimate of drug-likeness (QED) is 0.692. The molecule has 1 aromatic heterocycles. The summed E-state index contributed by atoms with van der Waals surface area (Å²) in [6, 6.07) is 0. The van der Waals surface area contributed by atoms with E-state index in [0.29, 0.717) is 0 Å². The van der Waals surface area contributed by atoms with Gasteiger partial charge in [-0.15, -0.1) is 11.3 Å². The number of carboxylic acids is 1. The topological polar surface area (TPSA) is 50.2 Å². The molecule has 1 N–H and O–H groups in total. The molecule has 0 bridgehead atoms. The number of aromatic nitrogens is 1. The Balaban J connectivity index is 0.000000211. The Morgan fingerprint density at radius 3 is 2.08 bits per heavy atom. The van der Waals surface area contributed by atoms with Gasteiger partial charge in [-0.05, 0) is 0 Å². The van der Waals surface area contributed by atoms with Gasteiger partial charge in [-0.3, -0.25) is 4.98 Å². The average Bonchev–Trinajstić information content (AvgIpc) is 2.39. The van der Waals surface area contributed by atoms with Crippen LogP contribution in [-0.2, 0) is 4.79 Å². The summed E-state index contributed by atoms with van der Waals surface area (Å²) in [4.78, 5) is 12.6. The first-order valence-corrected chi connectivity index (χ1v) is 3.51. The van der Waals surface area contributed by atoms with Crippen molar-refractivity contribution in [3.8, 4) is 0 Å². The van der Waals surface area contributed by atoms with E-state index < -0.39 is 12.1 Å². The van der Waals surface area contributed by atoms with Crippen molar-refractivity contribution in [1.82, 2.24) is 4.98 Å². The molecule has 0 fully saturated rings. The number of halogens is 3. The molecule has 0 spiro atoms. The van der Waals surface area contributed by atoms with Gasteiger partial charge >= 0.3 is 12.1 Å². The maximum Gasteiger partial charge on any atom is 0.490 e. The smallest absolute Gasteiger partial charge is 0.475 e. The van der Waals surface area contributed by atoms with E-state index in [-0.39, 0.29) is 0 Å². The van der Waals surface area contributed by atoms with Crippen LogP contribution in [-0.4, -0.2) is 22.2 Å². The van der Waals surface area contributed by atoms with Gasteiger partial charge in [0.05, 0.1) is 5.51 Å². The third-order valence-electron chi connectivity index (χ3n) is 0.590. The van der Waals surface area contributed by atoms with Crippen LogP contribution in [0, 0.1) is 0 Å². The zero-order chi connectivity index (χ0) is 9.61. The van der Waals surface area contributed by atoms with Crippen molar-refractivity contribution in [2.75, 3.05) is 0 Å². The van der Waals surface area contributed by atoms with Crippen molar-refractivity contribution in [3.63, 3.8) is 0 Å². The first kappa shape index (κ1) is 10.9. The highest BCUT2D eigenvalue weighted by atomic mass is 32.1. The molecule has 0 atom stereocenters. The Labute approximate surface area is 69.5 Å². The highest BCUT2D eigenvalue weighted by Crippen LogP contribution is 2.13. The molecule has 1 aromatic rings. The van der Waals surface area contributed by atoms with Crippen LogP contribution >= 0.6 is 11.3 Å². The monoisotopic (exact) mass is 199 g/mol. The van der Waals surface area contributed by atoms with Gasteiger partial charge in [0, 0.05) is 11.6 Å². The zero-order valence-electron chi connectivity index (χ0n) is 5.58. The second-order valence-electron chi connectivity index (χ2n) is 1.48. The molecule has 0 radical (unpaired) electrons. The molecule has 0 aliphatic heterocycles. The normalized spacial score (nSPS) is 9.92. The summed E-state index contributed by atoms with van der Waals surface area (Å²) >= 11 is 1.60. The minimum atomic E-state index is -5.08. The minimum Gasteiger partial charge on any atom is -0.475 e. The molecule has 0 saturated carbocycles. The van der Waals surface area contributed by atoms with Crippen molar-refractivity contribution < 1.29 is 23.1 Å². The third kappa shape index (κ3) is 5.66. The van der Waals surface area contributed by atoms with E-state index in [1.54, 1.807) is 23.0 Å². The molecule has 1 heterocycles. The third-order valence-corrected chi connectivity index (χ3v) is 1.11. The second-order valence-corrected chi connectivity index (χ2v) is 2.23. The summed E-state index contributed by atoms with van der Waals surface area (Å²) in [5, 5.41) is 9.06. The predicted molar refractivity (Wildman–Crippen MR) is 35.8 cm³/mol. The summed E-state index contributed by atoms with van der Waals surface area (Å²) < 4.78 is 31.7. The van der Waals surface area contributed by atoms with Crippen molar-refractivity contribution in [2.24, 2.45) is 0 Å². The molecule has 0 amide bonds. The van der Waals surface area contributed by atoms with Crippen LogP contribution in [0.15, 0.2) is 17.1 Å². The lowest BCUT2D eigenvalue weighted by Crippen LogP contribution is -2.21.